The summed E-state index contributed by atoms with van der Waals surface area (Å²) in [5, 5.41) is 12.7. The van der Waals surface area contributed by atoms with Crippen LogP contribution in [0.4, 0.5) is 5.95 Å². The molecule has 1 saturated heterocycles. The average molecular weight is 432 g/mol. The normalized spacial score (nSPS) is 15.4. The van der Waals surface area contributed by atoms with Gasteiger partial charge in [-0.15, -0.1) is 10.2 Å². The molecule has 1 N–H and O–H groups in total. The van der Waals surface area contributed by atoms with E-state index < -0.39 is 0 Å². The molecule has 2 aromatic rings. The highest BCUT2D eigenvalue weighted by Crippen LogP contribution is 2.27. The number of morpholine rings is 1. The first-order valence-electron chi connectivity index (χ1n) is 10.8. The molecule has 0 bridgehead atoms. The molecule has 164 valence electrons. The van der Waals surface area contributed by atoms with Gasteiger partial charge in [0.15, 0.2) is 5.16 Å². The Morgan fingerprint density at radius 2 is 1.87 bits per heavy atom. The van der Waals surface area contributed by atoms with Gasteiger partial charge in [-0.25, -0.2) is 0 Å². The van der Waals surface area contributed by atoms with Gasteiger partial charge in [-0.1, -0.05) is 56.7 Å². The van der Waals surface area contributed by atoms with Gasteiger partial charge in [-0.3, -0.25) is 9.36 Å². The molecule has 1 atom stereocenters. The second-order valence-corrected chi connectivity index (χ2v) is 9.08. The zero-order chi connectivity index (χ0) is 21.3. The summed E-state index contributed by atoms with van der Waals surface area (Å²) in [7, 11) is 0. The lowest BCUT2D eigenvalue weighted by molar-refractivity contribution is -0.119. The van der Waals surface area contributed by atoms with Crippen molar-refractivity contribution < 1.29 is 9.53 Å². The van der Waals surface area contributed by atoms with Crippen molar-refractivity contribution in [3.05, 3.63) is 30.3 Å². The van der Waals surface area contributed by atoms with Crippen LogP contribution in [0.25, 0.3) is 5.69 Å². The number of rotatable bonds is 10. The van der Waals surface area contributed by atoms with E-state index in [0.29, 0.717) is 24.9 Å². The van der Waals surface area contributed by atoms with Crippen molar-refractivity contribution in [3.8, 4) is 5.69 Å². The van der Waals surface area contributed by atoms with E-state index in [1.807, 2.05) is 34.9 Å². The van der Waals surface area contributed by atoms with Crippen molar-refractivity contribution >= 4 is 23.6 Å². The average Bonchev–Trinajstić information content (AvgIpc) is 3.17. The van der Waals surface area contributed by atoms with Crippen LogP contribution >= 0.6 is 11.8 Å². The summed E-state index contributed by atoms with van der Waals surface area (Å²) in [6, 6.07) is 10.2. The largest absolute Gasteiger partial charge is 0.378 e. The minimum Gasteiger partial charge on any atom is -0.378 e. The van der Waals surface area contributed by atoms with Crippen molar-refractivity contribution in [1.82, 2.24) is 20.1 Å². The predicted molar refractivity (Wildman–Crippen MR) is 121 cm³/mol. The molecular formula is C22H33N5O2S. The molecule has 1 aromatic carbocycles. The number of benzene rings is 1. The number of thioether (sulfide) groups is 1. The topological polar surface area (TPSA) is 72.3 Å². The summed E-state index contributed by atoms with van der Waals surface area (Å²) in [4.78, 5) is 14.6. The van der Waals surface area contributed by atoms with Crippen LogP contribution in [0.1, 0.15) is 40.0 Å². The fourth-order valence-corrected chi connectivity index (χ4v) is 4.24. The molecule has 1 fully saturated rings. The van der Waals surface area contributed by atoms with E-state index in [0.717, 1.165) is 42.7 Å². The number of anilines is 1. The van der Waals surface area contributed by atoms with Gasteiger partial charge in [0.25, 0.3) is 0 Å². The Labute approximate surface area is 183 Å². The molecule has 0 aliphatic carbocycles. The summed E-state index contributed by atoms with van der Waals surface area (Å²) in [6.07, 6.45) is 3.34. The molecule has 1 amide bonds. The van der Waals surface area contributed by atoms with Gasteiger partial charge in [0.1, 0.15) is 0 Å². The highest BCUT2D eigenvalue weighted by atomic mass is 32.2. The lowest BCUT2D eigenvalue weighted by Gasteiger charge is -2.27. The smallest absolute Gasteiger partial charge is 0.232 e. The number of hydrogen-bond donors (Lipinski definition) is 1. The summed E-state index contributed by atoms with van der Waals surface area (Å²) >= 11 is 1.42. The van der Waals surface area contributed by atoms with Crippen molar-refractivity contribution in [2.75, 3.05) is 37.0 Å². The van der Waals surface area contributed by atoms with E-state index >= 15 is 0 Å². The Hall–Kier alpha value is -2.06. The van der Waals surface area contributed by atoms with Gasteiger partial charge in [0.2, 0.25) is 11.9 Å². The molecule has 1 aromatic heterocycles. The fourth-order valence-electron chi connectivity index (χ4n) is 3.48. The first-order valence-corrected chi connectivity index (χ1v) is 11.8. The van der Waals surface area contributed by atoms with Gasteiger partial charge in [0.05, 0.1) is 24.7 Å². The van der Waals surface area contributed by atoms with Gasteiger partial charge < -0.3 is 15.0 Å². The van der Waals surface area contributed by atoms with Gasteiger partial charge >= 0.3 is 0 Å². The summed E-state index contributed by atoms with van der Waals surface area (Å²) in [6.45, 7) is 9.46. The number of nitrogens with zero attached hydrogens (tertiary/aromatic N) is 4. The number of ether oxygens (including phenoxy) is 1. The molecule has 0 radical (unpaired) electrons. The molecular weight excluding hydrogens is 398 g/mol. The van der Waals surface area contributed by atoms with E-state index in [2.05, 4.69) is 41.2 Å². The van der Waals surface area contributed by atoms with Crippen molar-refractivity contribution in [2.45, 2.75) is 51.2 Å². The van der Waals surface area contributed by atoms with Crippen molar-refractivity contribution in [3.63, 3.8) is 0 Å². The number of nitrogens with one attached hydrogen (secondary N) is 1. The molecule has 1 aliphatic rings. The van der Waals surface area contributed by atoms with Crippen molar-refractivity contribution in [1.29, 1.82) is 0 Å². The third-order valence-corrected chi connectivity index (χ3v) is 6.01. The Morgan fingerprint density at radius 1 is 1.13 bits per heavy atom. The molecule has 2 heterocycles. The number of amides is 1. The van der Waals surface area contributed by atoms with Gasteiger partial charge in [-0.2, -0.15) is 0 Å². The molecule has 8 heteroatoms. The number of para-hydroxylation sites is 1. The monoisotopic (exact) mass is 431 g/mol. The Kier molecular flexibility index (Phi) is 8.57. The van der Waals surface area contributed by atoms with Gasteiger partial charge in [-0.05, 0) is 31.4 Å². The zero-order valence-corrected chi connectivity index (χ0v) is 19.0. The maximum atomic E-state index is 12.5. The van der Waals surface area contributed by atoms with Gasteiger partial charge in [0, 0.05) is 19.1 Å². The third kappa shape index (κ3) is 6.47. The maximum Gasteiger partial charge on any atom is 0.232 e. The molecule has 0 spiro atoms. The number of hydrogen-bond acceptors (Lipinski definition) is 6. The maximum absolute atomic E-state index is 12.5. The third-order valence-electron chi connectivity index (χ3n) is 5.08. The van der Waals surface area contributed by atoms with Crippen LogP contribution in [-0.4, -0.2) is 58.8 Å². The number of aromatic nitrogens is 3. The van der Waals surface area contributed by atoms with Crippen LogP contribution in [0.3, 0.4) is 0 Å². The molecule has 1 unspecified atom stereocenters. The molecule has 30 heavy (non-hydrogen) atoms. The highest BCUT2D eigenvalue weighted by Gasteiger charge is 2.22. The highest BCUT2D eigenvalue weighted by molar-refractivity contribution is 7.99. The zero-order valence-electron chi connectivity index (χ0n) is 18.2. The molecule has 0 saturated carbocycles. The molecule has 3 rings (SSSR count). The standard InChI is InChI=1S/C22H33N5O2S/c1-17(2)8-7-9-18(3)23-20(28)16-30-22-25-24-21(26-12-14-29-15-13-26)27(22)19-10-5-4-6-11-19/h4-6,10-11,17-18H,7-9,12-16H2,1-3H3,(H,23,28). The van der Waals surface area contributed by atoms with Crippen LogP contribution in [0.2, 0.25) is 0 Å². The Bertz CT molecular complexity index is 790. The molecule has 1 aliphatic heterocycles. The van der Waals surface area contributed by atoms with E-state index in [-0.39, 0.29) is 11.9 Å². The lowest BCUT2D eigenvalue weighted by atomic mass is 10.0. The minimum atomic E-state index is 0.0348. The quantitative estimate of drug-likeness (QED) is 0.580. The van der Waals surface area contributed by atoms with Crippen LogP contribution in [-0.2, 0) is 9.53 Å². The first kappa shape index (κ1) is 22.6. The summed E-state index contributed by atoms with van der Waals surface area (Å²) in [5.74, 6) is 1.86. The van der Waals surface area contributed by atoms with Crippen LogP contribution in [0.15, 0.2) is 35.5 Å². The summed E-state index contributed by atoms with van der Waals surface area (Å²) in [5.41, 5.74) is 0.994. The number of carbonyl (C=O) groups is 1. The van der Waals surface area contributed by atoms with E-state index in [9.17, 15) is 4.79 Å². The van der Waals surface area contributed by atoms with Crippen LogP contribution < -0.4 is 10.2 Å². The van der Waals surface area contributed by atoms with E-state index in [4.69, 9.17) is 4.74 Å². The minimum absolute atomic E-state index is 0.0348. The van der Waals surface area contributed by atoms with Crippen LogP contribution in [0.5, 0.6) is 0 Å². The van der Waals surface area contributed by atoms with Crippen LogP contribution in [0, 0.1) is 5.92 Å². The first-order chi connectivity index (χ1) is 14.5. The number of carbonyl (C=O) groups excluding carboxylic acids is 1. The fraction of sp³-hybridized carbons (Fsp3) is 0.591. The lowest BCUT2D eigenvalue weighted by Crippen LogP contribution is -2.38. The van der Waals surface area contributed by atoms with Crippen molar-refractivity contribution in [2.24, 2.45) is 5.92 Å². The second kappa shape index (κ2) is 11.4. The Balaban J connectivity index is 1.64. The second-order valence-electron chi connectivity index (χ2n) is 8.13. The molecule has 7 nitrogen and oxygen atoms in total. The Morgan fingerprint density at radius 3 is 2.57 bits per heavy atom. The SMILES string of the molecule is CC(C)CCCC(C)NC(=O)CSc1nnc(N2CCOCC2)n1-c1ccccc1. The predicted octanol–water partition coefficient (Wildman–Crippen LogP) is 3.53. The van der Waals surface area contributed by atoms with E-state index in [1.165, 1.54) is 18.2 Å². The summed E-state index contributed by atoms with van der Waals surface area (Å²) < 4.78 is 7.51. The van der Waals surface area contributed by atoms with E-state index in [1.54, 1.807) is 0 Å².